The van der Waals surface area contributed by atoms with Crippen molar-refractivity contribution >= 4 is 17.0 Å². The highest BCUT2D eigenvalue weighted by Crippen LogP contribution is 2.04. The van der Waals surface area contributed by atoms with Crippen molar-refractivity contribution in [3.8, 4) is 5.88 Å². The Kier molecular flexibility index (Phi) is 3.45. The van der Waals surface area contributed by atoms with Gasteiger partial charge in [0.05, 0.1) is 7.11 Å². The number of aromatic nitrogens is 2. The molecule has 0 bridgehead atoms. The summed E-state index contributed by atoms with van der Waals surface area (Å²) in [6.45, 7) is 0.0132. The molecule has 0 fully saturated rings. The zero-order valence-electron chi connectivity index (χ0n) is 6.86. The molecule has 5 nitrogen and oxygen atoms in total. The second-order valence-electron chi connectivity index (χ2n) is 2.09. The molecule has 0 aliphatic heterocycles. The predicted octanol–water partition coefficient (Wildman–Crippen LogP) is 1.36. The van der Waals surface area contributed by atoms with Crippen LogP contribution in [0.5, 0.6) is 5.88 Å². The Morgan fingerprint density at radius 3 is 2.77 bits per heavy atom. The van der Waals surface area contributed by atoms with Crippen molar-refractivity contribution in [2.45, 2.75) is 6.61 Å². The molecule has 0 aromatic carbocycles. The summed E-state index contributed by atoms with van der Waals surface area (Å²) in [5, 5.41) is 7.38. The van der Waals surface area contributed by atoms with Gasteiger partial charge in [-0.15, -0.1) is 10.2 Å². The van der Waals surface area contributed by atoms with Crippen LogP contribution in [0.4, 0.5) is 4.79 Å². The van der Waals surface area contributed by atoms with Gasteiger partial charge in [0.2, 0.25) is 5.88 Å². The SMILES string of the molecule is COc1ccc(COC(=O)Cl)nn1. The van der Waals surface area contributed by atoms with E-state index >= 15 is 0 Å². The number of rotatable bonds is 3. The van der Waals surface area contributed by atoms with Crippen molar-refractivity contribution in [2.24, 2.45) is 0 Å². The fourth-order valence-corrected chi connectivity index (χ4v) is 0.719. The molecule has 0 saturated carbocycles. The molecular formula is C7H7ClN2O3. The molecule has 0 saturated heterocycles. The molecule has 0 aliphatic rings. The lowest BCUT2D eigenvalue weighted by molar-refractivity contribution is 0.165. The number of carbonyl (C=O) groups excluding carboxylic acids is 1. The molecule has 0 spiro atoms. The highest BCUT2D eigenvalue weighted by molar-refractivity contribution is 6.61. The summed E-state index contributed by atoms with van der Waals surface area (Å²) < 4.78 is 9.27. The van der Waals surface area contributed by atoms with Gasteiger partial charge in [-0.25, -0.2) is 4.79 Å². The molecule has 0 atom stereocenters. The molecule has 1 rings (SSSR count). The molecule has 70 valence electrons. The predicted molar refractivity (Wildman–Crippen MR) is 44.6 cm³/mol. The van der Waals surface area contributed by atoms with Crippen LogP contribution in [-0.4, -0.2) is 22.7 Å². The van der Waals surface area contributed by atoms with E-state index in [2.05, 4.69) is 14.9 Å². The van der Waals surface area contributed by atoms with E-state index < -0.39 is 5.43 Å². The molecule has 0 N–H and O–H groups in total. The molecule has 13 heavy (non-hydrogen) atoms. The summed E-state index contributed by atoms with van der Waals surface area (Å²) in [6, 6.07) is 3.25. The van der Waals surface area contributed by atoms with Crippen LogP contribution in [0.1, 0.15) is 5.69 Å². The first-order valence-electron chi connectivity index (χ1n) is 3.41. The summed E-state index contributed by atoms with van der Waals surface area (Å²) >= 11 is 4.95. The monoisotopic (exact) mass is 202 g/mol. The first-order chi connectivity index (χ1) is 6.22. The highest BCUT2D eigenvalue weighted by Gasteiger charge is 2.00. The maximum Gasteiger partial charge on any atom is 0.404 e. The number of hydrogen-bond donors (Lipinski definition) is 0. The second kappa shape index (κ2) is 4.61. The van der Waals surface area contributed by atoms with Gasteiger partial charge in [0.25, 0.3) is 0 Å². The van der Waals surface area contributed by atoms with E-state index in [1.807, 2.05) is 0 Å². The van der Waals surface area contributed by atoms with Gasteiger partial charge < -0.3 is 9.47 Å². The Morgan fingerprint density at radius 1 is 1.54 bits per heavy atom. The standard InChI is InChI=1S/C7H7ClN2O3/c1-12-6-3-2-5(9-10-6)4-13-7(8)11/h2-3H,4H2,1H3. The van der Waals surface area contributed by atoms with Crippen molar-refractivity contribution in [1.29, 1.82) is 0 Å². The van der Waals surface area contributed by atoms with E-state index in [4.69, 9.17) is 16.3 Å². The van der Waals surface area contributed by atoms with Crippen LogP contribution in [0.25, 0.3) is 0 Å². The lowest BCUT2D eigenvalue weighted by atomic mass is 10.4. The summed E-state index contributed by atoms with van der Waals surface area (Å²) in [5.41, 5.74) is -0.354. The van der Waals surface area contributed by atoms with Crippen molar-refractivity contribution in [3.05, 3.63) is 17.8 Å². The molecular weight excluding hydrogens is 196 g/mol. The Balaban J connectivity index is 2.54. The van der Waals surface area contributed by atoms with Gasteiger partial charge in [-0.1, -0.05) is 0 Å². The van der Waals surface area contributed by atoms with E-state index in [1.165, 1.54) is 7.11 Å². The normalized spacial score (nSPS) is 9.38. The average Bonchev–Trinajstić information content (AvgIpc) is 2.15. The summed E-state index contributed by atoms with van der Waals surface area (Å²) in [4.78, 5) is 10.2. The number of halogens is 1. The summed E-state index contributed by atoms with van der Waals surface area (Å²) in [5.74, 6) is 0.404. The van der Waals surface area contributed by atoms with Gasteiger partial charge in [-0.3, -0.25) is 0 Å². The molecule has 0 aliphatic carbocycles. The fourth-order valence-electron chi connectivity index (χ4n) is 0.664. The molecule has 0 unspecified atom stereocenters. The number of methoxy groups -OCH3 is 1. The van der Waals surface area contributed by atoms with E-state index in [9.17, 15) is 4.79 Å². The maximum absolute atomic E-state index is 10.2. The molecule has 1 heterocycles. The smallest absolute Gasteiger partial charge is 0.404 e. The molecule has 1 aromatic heterocycles. The van der Waals surface area contributed by atoms with Crippen LogP contribution in [0.3, 0.4) is 0 Å². The van der Waals surface area contributed by atoms with E-state index in [1.54, 1.807) is 12.1 Å². The third kappa shape index (κ3) is 3.25. The van der Waals surface area contributed by atoms with Crippen LogP contribution in [0, 0.1) is 0 Å². The molecule has 0 radical (unpaired) electrons. The lowest BCUT2D eigenvalue weighted by Gasteiger charge is -2.00. The first kappa shape index (κ1) is 9.73. The Bertz CT molecular complexity index is 288. The van der Waals surface area contributed by atoms with Crippen molar-refractivity contribution < 1.29 is 14.3 Å². The van der Waals surface area contributed by atoms with Crippen LogP contribution < -0.4 is 4.74 Å². The Labute approximate surface area is 79.6 Å². The van der Waals surface area contributed by atoms with Gasteiger partial charge in [0.15, 0.2) is 0 Å². The fraction of sp³-hybridized carbons (Fsp3) is 0.286. The first-order valence-corrected chi connectivity index (χ1v) is 3.79. The zero-order valence-corrected chi connectivity index (χ0v) is 7.61. The molecule has 6 heteroatoms. The summed E-state index contributed by atoms with van der Waals surface area (Å²) in [7, 11) is 1.49. The highest BCUT2D eigenvalue weighted by atomic mass is 35.5. The van der Waals surface area contributed by atoms with Crippen molar-refractivity contribution in [3.63, 3.8) is 0 Å². The Hall–Kier alpha value is -1.36. The van der Waals surface area contributed by atoms with E-state index in [0.717, 1.165) is 0 Å². The number of ether oxygens (including phenoxy) is 2. The third-order valence-electron chi connectivity index (χ3n) is 1.24. The number of hydrogen-bond acceptors (Lipinski definition) is 5. The van der Waals surface area contributed by atoms with Gasteiger partial charge >= 0.3 is 5.43 Å². The lowest BCUT2D eigenvalue weighted by Crippen LogP contribution is -1.99. The van der Waals surface area contributed by atoms with E-state index in [-0.39, 0.29) is 6.61 Å². The van der Waals surface area contributed by atoms with Crippen LogP contribution in [0.15, 0.2) is 12.1 Å². The van der Waals surface area contributed by atoms with Crippen LogP contribution in [0.2, 0.25) is 0 Å². The largest absolute Gasteiger partial charge is 0.480 e. The van der Waals surface area contributed by atoms with Crippen molar-refractivity contribution in [1.82, 2.24) is 10.2 Å². The minimum Gasteiger partial charge on any atom is -0.480 e. The summed E-state index contributed by atoms with van der Waals surface area (Å²) in [6.07, 6.45) is 0. The topological polar surface area (TPSA) is 61.3 Å². The number of carbonyl (C=O) groups is 1. The minimum absolute atomic E-state index is 0.0132. The van der Waals surface area contributed by atoms with Crippen molar-refractivity contribution in [2.75, 3.05) is 7.11 Å². The quantitative estimate of drug-likeness (QED) is 0.693. The van der Waals surface area contributed by atoms with Gasteiger partial charge in [-0.2, -0.15) is 0 Å². The van der Waals surface area contributed by atoms with Crippen LogP contribution in [-0.2, 0) is 11.3 Å². The van der Waals surface area contributed by atoms with Gasteiger partial charge in [-0.05, 0) is 6.07 Å². The Morgan fingerprint density at radius 2 is 2.31 bits per heavy atom. The second-order valence-corrected chi connectivity index (χ2v) is 2.40. The van der Waals surface area contributed by atoms with E-state index in [0.29, 0.717) is 11.6 Å². The maximum atomic E-state index is 10.2. The van der Waals surface area contributed by atoms with Gasteiger partial charge in [0, 0.05) is 17.7 Å². The van der Waals surface area contributed by atoms with Gasteiger partial charge in [0.1, 0.15) is 12.3 Å². The zero-order chi connectivity index (χ0) is 9.68. The number of nitrogens with zero attached hydrogens (tertiary/aromatic N) is 2. The van der Waals surface area contributed by atoms with Crippen LogP contribution >= 0.6 is 11.6 Å². The minimum atomic E-state index is -0.863. The third-order valence-corrected chi connectivity index (χ3v) is 1.35. The average molecular weight is 203 g/mol. The molecule has 1 aromatic rings. The molecule has 0 amide bonds.